The van der Waals surface area contributed by atoms with Gasteiger partial charge in [0.15, 0.2) is 0 Å². The van der Waals surface area contributed by atoms with Gasteiger partial charge in [0.1, 0.15) is 5.75 Å². The summed E-state index contributed by atoms with van der Waals surface area (Å²) in [5.41, 5.74) is 8.86. The number of anilines is 1. The molecule has 0 aliphatic carbocycles. The number of benzene rings is 2. The normalized spacial score (nSPS) is 10.2. The number of ether oxygens (including phenoxy) is 1. The Hall–Kier alpha value is -3.02. The Balaban J connectivity index is 1.72. The predicted octanol–water partition coefficient (Wildman–Crippen LogP) is 2.88. The van der Waals surface area contributed by atoms with Gasteiger partial charge in [-0.15, -0.1) is 0 Å². The van der Waals surface area contributed by atoms with Gasteiger partial charge in [0, 0.05) is 12.2 Å². The van der Waals surface area contributed by atoms with Crippen molar-refractivity contribution >= 4 is 17.6 Å². The zero-order valence-corrected chi connectivity index (χ0v) is 14.5. The van der Waals surface area contributed by atoms with Gasteiger partial charge in [-0.05, 0) is 54.8 Å². The monoisotopic (exact) mass is 341 g/mol. The van der Waals surface area contributed by atoms with E-state index >= 15 is 0 Å². The smallest absolute Gasteiger partial charge is 0.316 e. The summed E-state index contributed by atoms with van der Waals surface area (Å²) < 4.78 is 5.63. The van der Waals surface area contributed by atoms with Gasteiger partial charge in [0.05, 0.1) is 13.0 Å². The molecule has 0 bridgehead atoms. The molecule has 0 heterocycles. The van der Waals surface area contributed by atoms with Crippen LogP contribution in [-0.4, -0.2) is 18.5 Å². The SMILES string of the molecule is Cc1cc(C)cc(OCCC(=O)NCc2ccc(NC(N)=O)cc2)c1. The number of hydrogen-bond acceptors (Lipinski definition) is 3. The Morgan fingerprint density at radius 2 is 1.68 bits per heavy atom. The highest BCUT2D eigenvalue weighted by atomic mass is 16.5. The molecule has 0 unspecified atom stereocenters. The quantitative estimate of drug-likeness (QED) is 0.723. The molecule has 2 rings (SSSR count). The lowest BCUT2D eigenvalue weighted by molar-refractivity contribution is -0.121. The fourth-order valence-corrected chi connectivity index (χ4v) is 2.42. The third kappa shape index (κ3) is 6.55. The highest BCUT2D eigenvalue weighted by Crippen LogP contribution is 2.16. The van der Waals surface area contributed by atoms with E-state index in [4.69, 9.17) is 10.5 Å². The van der Waals surface area contributed by atoms with Gasteiger partial charge in [-0.3, -0.25) is 4.79 Å². The van der Waals surface area contributed by atoms with Crippen molar-refractivity contribution in [3.8, 4) is 5.75 Å². The number of aryl methyl sites for hydroxylation is 2. The summed E-state index contributed by atoms with van der Waals surface area (Å²) in [6.07, 6.45) is 0.286. The summed E-state index contributed by atoms with van der Waals surface area (Å²) in [5, 5.41) is 5.32. The van der Waals surface area contributed by atoms with Crippen LogP contribution in [0.4, 0.5) is 10.5 Å². The summed E-state index contributed by atoms with van der Waals surface area (Å²) in [5.74, 6) is 0.701. The number of amides is 3. The van der Waals surface area contributed by atoms with Crippen LogP contribution in [0, 0.1) is 13.8 Å². The number of urea groups is 1. The maximum absolute atomic E-state index is 11.9. The molecule has 0 aromatic heterocycles. The molecule has 6 nitrogen and oxygen atoms in total. The summed E-state index contributed by atoms with van der Waals surface area (Å²) >= 11 is 0. The molecule has 4 N–H and O–H groups in total. The van der Waals surface area contributed by atoms with E-state index < -0.39 is 6.03 Å². The van der Waals surface area contributed by atoms with Gasteiger partial charge in [0.2, 0.25) is 5.91 Å². The number of rotatable bonds is 7. The zero-order valence-electron chi connectivity index (χ0n) is 14.5. The summed E-state index contributed by atoms with van der Waals surface area (Å²) in [6, 6.07) is 12.5. The van der Waals surface area contributed by atoms with Crippen molar-refractivity contribution < 1.29 is 14.3 Å². The summed E-state index contributed by atoms with van der Waals surface area (Å²) in [6.45, 7) is 4.77. The average Bonchev–Trinajstić information content (AvgIpc) is 2.53. The van der Waals surface area contributed by atoms with Crippen LogP contribution in [0.15, 0.2) is 42.5 Å². The van der Waals surface area contributed by atoms with Gasteiger partial charge in [0.25, 0.3) is 0 Å². The second kappa shape index (κ2) is 8.73. The van der Waals surface area contributed by atoms with E-state index in [-0.39, 0.29) is 12.3 Å². The van der Waals surface area contributed by atoms with E-state index in [1.54, 1.807) is 12.1 Å². The fourth-order valence-electron chi connectivity index (χ4n) is 2.42. The molecule has 6 heteroatoms. The summed E-state index contributed by atoms with van der Waals surface area (Å²) in [4.78, 5) is 22.6. The van der Waals surface area contributed by atoms with Crippen LogP contribution >= 0.6 is 0 Å². The Morgan fingerprint density at radius 3 is 2.28 bits per heavy atom. The van der Waals surface area contributed by atoms with Crippen molar-refractivity contribution in [3.05, 3.63) is 59.2 Å². The first-order valence-corrected chi connectivity index (χ1v) is 8.05. The lowest BCUT2D eigenvalue weighted by Gasteiger charge is -2.09. The number of nitrogens with one attached hydrogen (secondary N) is 2. The van der Waals surface area contributed by atoms with E-state index in [9.17, 15) is 9.59 Å². The first-order valence-electron chi connectivity index (χ1n) is 8.05. The highest BCUT2D eigenvalue weighted by Gasteiger charge is 2.04. The Bertz CT molecular complexity index is 722. The predicted molar refractivity (Wildman–Crippen MR) is 97.5 cm³/mol. The van der Waals surface area contributed by atoms with Gasteiger partial charge >= 0.3 is 6.03 Å². The second-order valence-corrected chi connectivity index (χ2v) is 5.88. The molecule has 3 amide bonds. The number of hydrogen-bond donors (Lipinski definition) is 3. The molecule has 0 fully saturated rings. The van der Waals surface area contributed by atoms with E-state index in [1.807, 2.05) is 38.1 Å². The van der Waals surface area contributed by atoms with Crippen LogP contribution in [0.25, 0.3) is 0 Å². The van der Waals surface area contributed by atoms with Crippen molar-refractivity contribution in [2.24, 2.45) is 5.73 Å². The number of carbonyl (C=O) groups is 2. The van der Waals surface area contributed by atoms with Crippen LogP contribution < -0.4 is 21.1 Å². The molecule has 2 aromatic rings. The van der Waals surface area contributed by atoms with Crippen molar-refractivity contribution in [3.63, 3.8) is 0 Å². The van der Waals surface area contributed by atoms with Crippen LogP contribution in [0.3, 0.4) is 0 Å². The molecule has 0 aliphatic heterocycles. The zero-order chi connectivity index (χ0) is 18.2. The third-order valence-electron chi connectivity index (χ3n) is 3.50. The molecule has 0 atom stereocenters. The minimum atomic E-state index is -0.607. The molecular formula is C19H23N3O3. The molecule has 2 aromatic carbocycles. The molecule has 0 saturated heterocycles. The molecule has 0 radical (unpaired) electrons. The fraction of sp³-hybridized carbons (Fsp3) is 0.263. The van der Waals surface area contributed by atoms with Crippen LogP contribution in [0.5, 0.6) is 5.75 Å². The maximum atomic E-state index is 11.9. The molecule has 25 heavy (non-hydrogen) atoms. The first-order chi connectivity index (χ1) is 11.9. The topological polar surface area (TPSA) is 93.4 Å². The van der Waals surface area contributed by atoms with Crippen molar-refractivity contribution in [2.45, 2.75) is 26.8 Å². The van der Waals surface area contributed by atoms with Crippen LogP contribution in [0.1, 0.15) is 23.1 Å². The Labute approximate surface area is 147 Å². The standard InChI is InChI=1S/C19H23N3O3/c1-13-9-14(2)11-17(10-13)25-8-7-18(23)21-12-15-3-5-16(6-4-15)22-19(20)24/h3-6,9-11H,7-8,12H2,1-2H3,(H,21,23)(H3,20,22,24). The van der Waals surface area contributed by atoms with E-state index in [0.717, 1.165) is 22.4 Å². The van der Waals surface area contributed by atoms with E-state index in [2.05, 4.69) is 16.7 Å². The lowest BCUT2D eigenvalue weighted by atomic mass is 10.1. The second-order valence-electron chi connectivity index (χ2n) is 5.88. The molecule has 132 valence electrons. The Kier molecular flexibility index (Phi) is 6.39. The highest BCUT2D eigenvalue weighted by molar-refractivity contribution is 5.87. The Morgan fingerprint density at radius 1 is 1.04 bits per heavy atom. The molecular weight excluding hydrogens is 318 g/mol. The van der Waals surface area contributed by atoms with Gasteiger partial charge < -0.3 is 21.1 Å². The van der Waals surface area contributed by atoms with Crippen molar-refractivity contribution in [1.29, 1.82) is 0 Å². The van der Waals surface area contributed by atoms with Crippen LogP contribution in [-0.2, 0) is 11.3 Å². The lowest BCUT2D eigenvalue weighted by Crippen LogP contribution is -2.24. The van der Waals surface area contributed by atoms with E-state index in [0.29, 0.717) is 18.8 Å². The van der Waals surface area contributed by atoms with Gasteiger partial charge in [-0.1, -0.05) is 18.2 Å². The van der Waals surface area contributed by atoms with Crippen LogP contribution in [0.2, 0.25) is 0 Å². The largest absolute Gasteiger partial charge is 0.493 e. The van der Waals surface area contributed by atoms with Gasteiger partial charge in [-0.25, -0.2) is 4.79 Å². The molecule has 0 spiro atoms. The average molecular weight is 341 g/mol. The number of carbonyl (C=O) groups excluding carboxylic acids is 2. The minimum Gasteiger partial charge on any atom is -0.493 e. The summed E-state index contributed by atoms with van der Waals surface area (Å²) in [7, 11) is 0. The van der Waals surface area contributed by atoms with Crippen molar-refractivity contribution in [1.82, 2.24) is 5.32 Å². The molecule has 0 aliphatic rings. The minimum absolute atomic E-state index is 0.0799. The number of primary amides is 1. The van der Waals surface area contributed by atoms with Gasteiger partial charge in [-0.2, -0.15) is 0 Å². The molecule has 0 saturated carbocycles. The number of nitrogens with two attached hydrogens (primary N) is 1. The first kappa shape index (κ1) is 18.3. The van der Waals surface area contributed by atoms with E-state index in [1.165, 1.54) is 0 Å². The third-order valence-corrected chi connectivity index (χ3v) is 3.50. The maximum Gasteiger partial charge on any atom is 0.316 e. The van der Waals surface area contributed by atoms with Crippen molar-refractivity contribution in [2.75, 3.05) is 11.9 Å².